The number of hydrogen-bond donors (Lipinski definition) is 2. The van der Waals surface area contributed by atoms with Gasteiger partial charge in [-0.1, -0.05) is 30.3 Å². The normalized spacial score (nSPS) is 16.3. The maximum atomic E-state index is 12.9. The van der Waals surface area contributed by atoms with E-state index in [4.69, 9.17) is 0 Å². The molecule has 6 nitrogen and oxygen atoms in total. The van der Waals surface area contributed by atoms with Crippen molar-refractivity contribution in [3.63, 3.8) is 0 Å². The van der Waals surface area contributed by atoms with Crippen LogP contribution in [0.2, 0.25) is 0 Å². The van der Waals surface area contributed by atoms with Crippen LogP contribution in [-0.2, 0) is 26.3 Å². The molecule has 2 aromatic heterocycles. The first-order valence-electron chi connectivity index (χ1n) is 9.00. The highest BCUT2D eigenvalue weighted by Crippen LogP contribution is 2.22. The summed E-state index contributed by atoms with van der Waals surface area (Å²) in [5.74, 6) is -0.0512. The topological polar surface area (TPSA) is 75.6 Å². The largest absolute Gasteiger partial charge is 0.349 e. The van der Waals surface area contributed by atoms with E-state index in [1.54, 1.807) is 10.9 Å². The van der Waals surface area contributed by atoms with Crippen molar-refractivity contribution in [1.82, 2.24) is 25.3 Å². The lowest BCUT2D eigenvalue weighted by atomic mass is 9.92. The summed E-state index contributed by atoms with van der Waals surface area (Å²) < 4.78 is 1.79. The molecule has 1 atom stereocenters. The van der Waals surface area contributed by atoms with Crippen LogP contribution in [0, 0.1) is 6.92 Å². The quantitative estimate of drug-likeness (QED) is 0.759. The Hall–Kier alpha value is -2.89. The Morgan fingerprint density at radius 2 is 2.15 bits per heavy atom. The molecule has 0 bridgehead atoms. The Bertz CT molecular complexity index is 925. The van der Waals surface area contributed by atoms with Crippen molar-refractivity contribution in [3.05, 3.63) is 70.3 Å². The molecule has 0 spiro atoms. The number of aromatic amines is 1. The lowest BCUT2D eigenvalue weighted by Crippen LogP contribution is -2.39. The molecular weight excluding hydrogens is 326 g/mol. The average Bonchev–Trinajstić information content (AvgIpc) is 3.19. The maximum absolute atomic E-state index is 12.9. The van der Waals surface area contributed by atoms with Crippen molar-refractivity contribution in [2.24, 2.45) is 7.05 Å². The van der Waals surface area contributed by atoms with E-state index in [9.17, 15) is 4.79 Å². The number of carbonyl (C=O) groups excluding carboxylic acids is 1. The van der Waals surface area contributed by atoms with Crippen molar-refractivity contribution in [3.8, 4) is 0 Å². The Labute approximate surface area is 152 Å². The molecule has 1 amide bonds. The molecule has 0 fully saturated rings. The Kier molecular flexibility index (Phi) is 4.32. The van der Waals surface area contributed by atoms with E-state index in [2.05, 4.69) is 39.7 Å². The van der Waals surface area contributed by atoms with E-state index in [1.165, 1.54) is 11.1 Å². The number of amides is 1. The number of nitrogens with one attached hydrogen (secondary N) is 2. The lowest BCUT2D eigenvalue weighted by molar-refractivity contribution is 0.0932. The summed E-state index contributed by atoms with van der Waals surface area (Å²) in [5.41, 5.74) is 6.28. The lowest BCUT2D eigenvalue weighted by Gasteiger charge is -2.23. The molecule has 1 aromatic carbocycles. The second kappa shape index (κ2) is 6.78. The molecule has 0 aliphatic heterocycles. The van der Waals surface area contributed by atoms with Gasteiger partial charge in [0.05, 0.1) is 23.1 Å². The molecule has 26 heavy (non-hydrogen) atoms. The van der Waals surface area contributed by atoms with Crippen LogP contribution in [0.3, 0.4) is 0 Å². The van der Waals surface area contributed by atoms with Crippen LogP contribution in [0.25, 0.3) is 0 Å². The summed E-state index contributed by atoms with van der Waals surface area (Å²) in [5, 5.41) is 14.9. The summed E-state index contributed by atoms with van der Waals surface area (Å²) in [6.07, 6.45) is 5.02. The predicted molar refractivity (Wildman–Crippen MR) is 99.1 cm³/mol. The third-order valence-corrected chi connectivity index (χ3v) is 5.20. The van der Waals surface area contributed by atoms with E-state index in [1.807, 2.05) is 25.2 Å². The standard InChI is InChI=1S/C20H23N5O/c1-13-16-9-8-15(11-18(16)24-23-13)22-20(26)17-12-21-25(2)19(17)10-14-6-4-3-5-7-14/h3-7,12,15H,8-11H2,1-2H3,(H,22,26)(H,23,24). The van der Waals surface area contributed by atoms with Gasteiger partial charge in [0.15, 0.2) is 0 Å². The third-order valence-electron chi connectivity index (χ3n) is 5.20. The second-order valence-electron chi connectivity index (χ2n) is 6.98. The van der Waals surface area contributed by atoms with Gasteiger partial charge in [-0.15, -0.1) is 0 Å². The number of carbonyl (C=O) groups is 1. The van der Waals surface area contributed by atoms with Gasteiger partial charge in [-0.25, -0.2) is 0 Å². The molecular formula is C20H23N5O. The molecule has 6 heteroatoms. The number of aromatic nitrogens is 4. The van der Waals surface area contributed by atoms with Crippen molar-refractivity contribution >= 4 is 5.91 Å². The summed E-state index contributed by atoms with van der Waals surface area (Å²) in [6, 6.07) is 10.3. The number of aryl methyl sites for hydroxylation is 2. The van der Waals surface area contributed by atoms with Crippen molar-refractivity contribution in [2.45, 2.75) is 38.6 Å². The SMILES string of the molecule is Cc1[nH]nc2c1CCC(NC(=O)c1cnn(C)c1Cc1ccccc1)C2. The first kappa shape index (κ1) is 16.6. The molecule has 1 aliphatic carbocycles. The molecule has 0 saturated heterocycles. The van der Waals surface area contributed by atoms with Crippen LogP contribution in [0.1, 0.15) is 45.0 Å². The average molecular weight is 349 g/mol. The molecule has 4 rings (SSSR count). The molecule has 1 unspecified atom stereocenters. The van der Waals surface area contributed by atoms with E-state index < -0.39 is 0 Å². The van der Waals surface area contributed by atoms with Crippen LogP contribution in [0.15, 0.2) is 36.5 Å². The highest BCUT2D eigenvalue weighted by Gasteiger charge is 2.25. The smallest absolute Gasteiger partial charge is 0.254 e. The zero-order valence-electron chi connectivity index (χ0n) is 15.1. The fraction of sp³-hybridized carbons (Fsp3) is 0.350. The van der Waals surface area contributed by atoms with Gasteiger partial charge in [-0.05, 0) is 30.9 Å². The minimum atomic E-state index is -0.0512. The van der Waals surface area contributed by atoms with Gasteiger partial charge in [-0.2, -0.15) is 10.2 Å². The number of fused-ring (bicyclic) bond motifs is 1. The molecule has 1 aliphatic rings. The summed E-state index contributed by atoms with van der Waals surface area (Å²) >= 11 is 0. The van der Waals surface area contributed by atoms with Crippen LogP contribution in [0.5, 0.6) is 0 Å². The van der Waals surface area contributed by atoms with E-state index in [0.29, 0.717) is 12.0 Å². The second-order valence-corrected chi connectivity index (χ2v) is 6.98. The zero-order chi connectivity index (χ0) is 18.1. The molecule has 0 saturated carbocycles. The zero-order valence-corrected chi connectivity index (χ0v) is 15.1. The van der Waals surface area contributed by atoms with Crippen molar-refractivity contribution in [1.29, 1.82) is 0 Å². The van der Waals surface area contributed by atoms with E-state index in [0.717, 1.165) is 36.3 Å². The van der Waals surface area contributed by atoms with Gasteiger partial charge >= 0.3 is 0 Å². The Morgan fingerprint density at radius 1 is 1.35 bits per heavy atom. The van der Waals surface area contributed by atoms with Gasteiger partial charge in [0.2, 0.25) is 0 Å². The number of hydrogen-bond acceptors (Lipinski definition) is 3. The van der Waals surface area contributed by atoms with Gasteiger partial charge in [0.1, 0.15) is 0 Å². The van der Waals surface area contributed by atoms with Gasteiger partial charge in [0, 0.05) is 31.6 Å². The molecule has 2 N–H and O–H groups in total. The monoisotopic (exact) mass is 349 g/mol. The van der Waals surface area contributed by atoms with Gasteiger partial charge in [-0.3, -0.25) is 14.6 Å². The summed E-state index contributed by atoms with van der Waals surface area (Å²) in [7, 11) is 1.88. The number of benzene rings is 1. The molecule has 3 aromatic rings. The van der Waals surface area contributed by atoms with E-state index >= 15 is 0 Å². The van der Waals surface area contributed by atoms with Crippen LogP contribution < -0.4 is 5.32 Å². The fourth-order valence-electron chi connectivity index (χ4n) is 3.70. The van der Waals surface area contributed by atoms with Gasteiger partial charge < -0.3 is 5.32 Å². The molecule has 134 valence electrons. The Morgan fingerprint density at radius 3 is 2.96 bits per heavy atom. The fourth-order valence-corrected chi connectivity index (χ4v) is 3.70. The van der Waals surface area contributed by atoms with Crippen molar-refractivity contribution in [2.75, 3.05) is 0 Å². The highest BCUT2D eigenvalue weighted by atomic mass is 16.1. The molecule has 2 heterocycles. The highest BCUT2D eigenvalue weighted by molar-refractivity contribution is 5.95. The summed E-state index contributed by atoms with van der Waals surface area (Å²) in [4.78, 5) is 12.9. The van der Waals surface area contributed by atoms with Crippen LogP contribution in [0.4, 0.5) is 0 Å². The maximum Gasteiger partial charge on any atom is 0.254 e. The third kappa shape index (κ3) is 3.14. The van der Waals surface area contributed by atoms with Gasteiger partial charge in [0.25, 0.3) is 5.91 Å². The minimum absolute atomic E-state index is 0.0512. The van der Waals surface area contributed by atoms with Crippen molar-refractivity contribution < 1.29 is 4.79 Å². The number of nitrogens with zero attached hydrogens (tertiary/aromatic N) is 3. The van der Waals surface area contributed by atoms with E-state index in [-0.39, 0.29) is 11.9 Å². The van der Waals surface area contributed by atoms with Crippen LogP contribution >= 0.6 is 0 Å². The summed E-state index contributed by atoms with van der Waals surface area (Å²) in [6.45, 7) is 2.05. The minimum Gasteiger partial charge on any atom is -0.349 e. The number of H-pyrrole nitrogens is 1. The van der Waals surface area contributed by atoms with Crippen LogP contribution in [-0.4, -0.2) is 31.9 Å². The predicted octanol–water partition coefficient (Wildman–Crippen LogP) is 2.33. The molecule has 0 radical (unpaired) electrons. The number of rotatable bonds is 4. The first-order valence-corrected chi connectivity index (χ1v) is 9.00. The Balaban J connectivity index is 1.49. The first-order chi connectivity index (χ1) is 12.6.